The smallest absolute Gasteiger partial charge is 0.141 e. The molecule has 0 spiro atoms. The lowest BCUT2D eigenvalue weighted by Crippen LogP contribution is -1.93. The fourth-order valence-electron chi connectivity index (χ4n) is 2.39. The molecule has 3 aromatic rings. The third kappa shape index (κ3) is 1.85. The van der Waals surface area contributed by atoms with Crippen LogP contribution in [-0.2, 0) is 13.0 Å². The molecular formula is C15H16N2O2. The summed E-state index contributed by atoms with van der Waals surface area (Å²) < 4.78 is 7.45. The molecule has 0 atom stereocenters. The molecule has 0 unspecified atom stereocenters. The molecule has 3 rings (SSSR count). The van der Waals surface area contributed by atoms with Crippen molar-refractivity contribution in [3.8, 4) is 5.75 Å². The van der Waals surface area contributed by atoms with Crippen LogP contribution in [0.1, 0.15) is 18.2 Å². The minimum atomic E-state index is -0.0570. The molecular weight excluding hydrogens is 240 g/mol. The average Bonchev–Trinajstić information content (AvgIpc) is 2.88. The molecule has 0 bridgehead atoms. The number of nitrogens with zero attached hydrogens (tertiary/aromatic N) is 2. The van der Waals surface area contributed by atoms with E-state index in [4.69, 9.17) is 4.74 Å². The molecule has 2 heterocycles. The Morgan fingerprint density at radius 2 is 2.16 bits per heavy atom. The van der Waals surface area contributed by atoms with E-state index in [1.807, 2.05) is 16.7 Å². The molecule has 19 heavy (non-hydrogen) atoms. The number of rotatable bonds is 3. The van der Waals surface area contributed by atoms with E-state index >= 15 is 0 Å². The number of imidazole rings is 1. The first-order valence-corrected chi connectivity index (χ1v) is 6.35. The Balaban J connectivity index is 2.41. The number of methoxy groups -OCH3 is 1. The van der Waals surface area contributed by atoms with Gasteiger partial charge in [-0.1, -0.05) is 13.0 Å². The number of aliphatic hydroxyl groups excluding tert-OH is 1. The van der Waals surface area contributed by atoms with Gasteiger partial charge in [-0.05, 0) is 24.1 Å². The van der Waals surface area contributed by atoms with E-state index in [9.17, 15) is 5.11 Å². The van der Waals surface area contributed by atoms with Crippen LogP contribution < -0.4 is 4.74 Å². The lowest BCUT2D eigenvalue weighted by atomic mass is 10.1. The Morgan fingerprint density at radius 3 is 2.84 bits per heavy atom. The summed E-state index contributed by atoms with van der Waals surface area (Å²) in [7, 11) is 1.67. The molecule has 0 amide bonds. The van der Waals surface area contributed by atoms with Crippen molar-refractivity contribution in [3.63, 3.8) is 0 Å². The summed E-state index contributed by atoms with van der Waals surface area (Å²) in [5.74, 6) is 0.813. The molecule has 1 N–H and O–H groups in total. The van der Waals surface area contributed by atoms with Crippen LogP contribution in [-0.4, -0.2) is 21.6 Å². The lowest BCUT2D eigenvalue weighted by Gasteiger charge is -2.09. The summed E-state index contributed by atoms with van der Waals surface area (Å²) in [5.41, 5.74) is 3.76. The van der Waals surface area contributed by atoms with Crippen molar-refractivity contribution in [1.29, 1.82) is 0 Å². The molecule has 0 fully saturated rings. The number of benzene rings is 1. The number of aliphatic hydroxyl groups is 1. The van der Waals surface area contributed by atoms with Gasteiger partial charge in [-0.15, -0.1) is 0 Å². The Hall–Kier alpha value is -2.07. The second-order valence-corrected chi connectivity index (χ2v) is 4.54. The van der Waals surface area contributed by atoms with Crippen LogP contribution in [0.25, 0.3) is 16.6 Å². The molecule has 0 aliphatic heterocycles. The van der Waals surface area contributed by atoms with Gasteiger partial charge in [-0.25, -0.2) is 4.98 Å². The molecule has 0 saturated carbocycles. The van der Waals surface area contributed by atoms with Crippen LogP contribution in [0.2, 0.25) is 0 Å². The highest BCUT2D eigenvalue weighted by atomic mass is 16.5. The first-order chi connectivity index (χ1) is 9.26. The minimum absolute atomic E-state index is 0.0570. The summed E-state index contributed by atoms with van der Waals surface area (Å²) in [4.78, 5) is 4.37. The van der Waals surface area contributed by atoms with Crippen LogP contribution in [0.5, 0.6) is 5.75 Å². The van der Waals surface area contributed by atoms with Crippen LogP contribution in [0.15, 0.2) is 30.5 Å². The summed E-state index contributed by atoms with van der Waals surface area (Å²) in [6.07, 6.45) is 2.85. The number of pyridine rings is 1. The molecule has 98 valence electrons. The summed E-state index contributed by atoms with van der Waals surface area (Å²) >= 11 is 0. The second kappa shape index (κ2) is 4.55. The van der Waals surface area contributed by atoms with Gasteiger partial charge in [0, 0.05) is 17.6 Å². The Morgan fingerprint density at radius 1 is 1.32 bits per heavy atom. The fraction of sp³-hybridized carbons (Fsp3) is 0.267. The van der Waals surface area contributed by atoms with Crippen molar-refractivity contribution in [3.05, 3.63) is 41.7 Å². The SMILES string of the molecule is CCc1ccc2c(c1)c(OC)cc1nc(CO)cn12. The van der Waals surface area contributed by atoms with E-state index in [0.29, 0.717) is 5.69 Å². The Labute approximate surface area is 111 Å². The van der Waals surface area contributed by atoms with Crippen molar-refractivity contribution < 1.29 is 9.84 Å². The molecule has 4 nitrogen and oxygen atoms in total. The molecule has 2 aromatic heterocycles. The molecule has 0 saturated heterocycles. The van der Waals surface area contributed by atoms with E-state index < -0.39 is 0 Å². The van der Waals surface area contributed by atoms with E-state index in [0.717, 1.165) is 28.7 Å². The van der Waals surface area contributed by atoms with Crippen LogP contribution in [0, 0.1) is 0 Å². The molecule has 0 aliphatic carbocycles. The molecule has 4 heteroatoms. The third-order valence-corrected chi connectivity index (χ3v) is 3.42. The van der Waals surface area contributed by atoms with Crippen molar-refractivity contribution >= 4 is 16.6 Å². The number of hydrogen-bond donors (Lipinski definition) is 1. The zero-order chi connectivity index (χ0) is 13.4. The van der Waals surface area contributed by atoms with Crippen molar-refractivity contribution in [2.24, 2.45) is 0 Å². The van der Waals surface area contributed by atoms with E-state index in [-0.39, 0.29) is 6.61 Å². The van der Waals surface area contributed by atoms with Gasteiger partial charge in [-0.2, -0.15) is 0 Å². The lowest BCUT2D eigenvalue weighted by molar-refractivity contribution is 0.277. The van der Waals surface area contributed by atoms with Gasteiger partial charge in [-0.3, -0.25) is 4.40 Å². The Bertz CT molecular complexity index is 747. The maximum atomic E-state index is 9.21. The number of ether oxygens (including phenoxy) is 1. The van der Waals surface area contributed by atoms with Crippen molar-refractivity contribution in [1.82, 2.24) is 9.38 Å². The first kappa shape index (κ1) is 12.0. The van der Waals surface area contributed by atoms with Gasteiger partial charge in [0.2, 0.25) is 0 Å². The standard InChI is InChI=1S/C15H16N2O2/c1-3-10-4-5-13-12(6-10)14(19-2)7-15-16-11(9-18)8-17(13)15/h4-8,18H,3,9H2,1-2H3. The number of fused-ring (bicyclic) bond motifs is 3. The maximum Gasteiger partial charge on any atom is 0.141 e. The molecule has 0 aliphatic rings. The third-order valence-electron chi connectivity index (χ3n) is 3.42. The highest BCUT2D eigenvalue weighted by molar-refractivity contribution is 5.89. The maximum absolute atomic E-state index is 9.21. The summed E-state index contributed by atoms with van der Waals surface area (Å²) in [5, 5.41) is 10.3. The predicted molar refractivity (Wildman–Crippen MR) is 74.6 cm³/mol. The van der Waals surface area contributed by atoms with E-state index in [2.05, 4.69) is 30.1 Å². The average molecular weight is 256 g/mol. The molecule has 0 radical (unpaired) electrons. The van der Waals surface area contributed by atoms with E-state index in [1.54, 1.807) is 7.11 Å². The second-order valence-electron chi connectivity index (χ2n) is 4.54. The molecule has 1 aromatic carbocycles. The summed E-state index contributed by atoms with van der Waals surface area (Å²) in [6, 6.07) is 8.24. The largest absolute Gasteiger partial charge is 0.496 e. The van der Waals surface area contributed by atoms with Crippen molar-refractivity contribution in [2.45, 2.75) is 20.0 Å². The fourth-order valence-corrected chi connectivity index (χ4v) is 2.39. The summed E-state index contributed by atoms with van der Waals surface area (Å²) in [6.45, 7) is 2.08. The minimum Gasteiger partial charge on any atom is -0.496 e. The van der Waals surface area contributed by atoms with Crippen LogP contribution in [0.3, 0.4) is 0 Å². The normalized spacial score (nSPS) is 11.3. The topological polar surface area (TPSA) is 46.8 Å². The number of aryl methyl sites for hydroxylation is 1. The van der Waals surface area contributed by atoms with Crippen molar-refractivity contribution in [2.75, 3.05) is 7.11 Å². The van der Waals surface area contributed by atoms with Gasteiger partial charge >= 0.3 is 0 Å². The number of hydrogen-bond acceptors (Lipinski definition) is 3. The van der Waals surface area contributed by atoms with Gasteiger partial charge in [0.1, 0.15) is 11.4 Å². The van der Waals surface area contributed by atoms with Gasteiger partial charge in [0.05, 0.1) is 24.9 Å². The zero-order valence-corrected chi connectivity index (χ0v) is 11.1. The van der Waals surface area contributed by atoms with Crippen LogP contribution in [0.4, 0.5) is 0 Å². The first-order valence-electron chi connectivity index (χ1n) is 6.35. The van der Waals surface area contributed by atoms with Gasteiger partial charge in [0.15, 0.2) is 0 Å². The van der Waals surface area contributed by atoms with Gasteiger partial charge < -0.3 is 9.84 Å². The number of aromatic nitrogens is 2. The highest BCUT2D eigenvalue weighted by Gasteiger charge is 2.10. The quantitative estimate of drug-likeness (QED) is 0.783. The van der Waals surface area contributed by atoms with E-state index in [1.165, 1.54) is 5.56 Å². The predicted octanol–water partition coefficient (Wildman–Crippen LogP) is 2.55. The van der Waals surface area contributed by atoms with Gasteiger partial charge in [0.25, 0.3) is 0 Å². The monoisotopic (exact) mass is 256 g/mol. The highest BCUT2D eigenvalue weighted by Crippen LogP contribution is 2.29. The van der Waals surface area contributed by atoms with Crippen LogP contribution >= 0.6 is 0 Å². The Kier molecular flexibility index (Phi) is 2.87. The zero-order valence-electron chi connectivity index (χ0n) is 11.1.